The van der Waals surface area contributed by atoms with E-state index in [0.29, 0.717) is 35.1 Å². The second kappa shape index (κ2) is 10.2. The van der Waals surface area contributed by atoms with Crippen LogP contribution >= 0.6 is 0 Å². The van der Waals surface area contributed by atoms with Gasteiger partial charge in [-0.05, 0) is 54.8 Å². The monoisotopic (exact) mass is 476 g/mol. The number of aryl methyl sites for hydroxylation is 1. The van der Waals surface area contributed by atoms with Crippen molar-refractivity contribution >= 4 is 11.0 Å². The summed E-state index contributed by atoms with van der Waals surface area (Å²) >= 11 is 0. The molecule has 0 amide bonds. The molecule has 10 heteroatoms. The molecule has 2 aromatic carbocycles. The summed E-state index contributed by atoms with van der Waals surface area (Å²) in [4.78, 5) is 0. The van der Waals surface area contributed by atoms with Gasteiger partial charge in [0.2, 0.25) is 6.29 Å². The number of furan rings is 1. The van der Waals surface area contributed by atoms with Crippen LogP contribution < -0.4 is 9.47 Å². The van der Waals surface area contributed by atoms with Gasteiger partial charge in [0, 0.05) is 17.6 Å². The minimum atomic E-state index is -1.58. The first kappa shape index (κ1) is 24.3. The van der Waals surface area contributed by atoms with Gasteiger partial charge in [-0.3, -0.25) is 0 Å². The fraction of sp³-hybridized carbons (Fsp3) is 0.417. The zero-order valence-electron chi connectivity index (χ0n) is 18.5. The molecule has 0 bridgehead atoms. The highest BCUT2D eigenvalue weighted by atomic mass is 16.7. The third-order valence-electron chi connectivity index (χ3n) is 5.82. The summed E-state index contributed by atoms with van der Waals surface area (Å²) in [6.07, 6.45) is -6.10. The highest BCUT2D eigenvalue weighted by Crippen LogP contribution is 2.39. The van der Waals surface area contributed by atoms with Crippen molar-refractivity contribution in [2.24, 2.45) is 0 Å². The van der Waals surface area contributed by atoms with Crippen molar-refractivity contribution in [2.75, 3.05) is 20.3 Å². The summed E-state index contributed by atoms with van der Waals surface area (Å²) < 4.78 is 22.6. The Kier molecular flexibility index (Phi) is 7.27. The number of benzene rings is 2. The fourth-order valence-corrected chi connectivity index (χ4v) is 3.96. The van der Waals surface area contributed by atoms with E-state index in [0.717, 1.165) is 5.56 Å². The molecule has 0 spiro atoms. The van der Waals surface area contributed by atoms with Gasteiger partial charge in [0.05, 0.1) is 13.7 Å². The van der Waals surface area contributed by atoms with Crippen molar-refractivity contribution in [3.05, 3.63) is 42.0 Å². The van der Waals surface area contributed by atoms with Gasteiger partial charge in [-0.15, -0.1) is 0 Å². The number of fused-ring (bicyclic) bond motifs is 1. The number of aliphatic hydroxyl groups excluding tert-OH is 5. The first-order valence-electron chi connectivity index (χ1n) is 10.9. The number of phenolic OH excluding ortho intramolecular Hbond substituents is 1. The van der Waals surface area contributed by atoms with E-state index in [9.17, 15) is 30.6 Å². The van der Waals surface area contributed by atoms with E-state index in [1.165, 1.54) is 13.2 Å². The molecule has 1 fully saturated rings. The normalized spacial score (nSPS) is 24.9. The lowest BCUT2D eigenvalue weighted by Crippen LogP contribution is -2.60. The van der Waals surface area contributed by atoms with Crippen molar-refractivity contribution in [3.63, 3.8) is 0 Å². The van der Waals surface area contributed by atoms with Gasteiger partial charge in [-0.2, -0.15) is 0 Å². The molecule has 5 atom stereocenters. The van der Waals surface area contributed by atoms with Crippen molar-refractivity contribution in [1.82, 2.24) is 0 Å². The summed E-state index contributed by atoms with van der Waals surface area (Å²) in [5.74, 6) is 0.942. The maximum atomic E-state index is 10.4. The van der Waals surface area contributed by atoms with Crippen LogP contribution in [0.15, 0.2) is 40.8 Å². The van der Waals surface area contributed by atoms with E-state index in [-0.39, 0.29) is 23.9 Å². The molecule has 0 radical (unpaired) electrons. The lowest BCUT2D eigenvalue weighted by atomic mass is 9.99. The summed E-state index contributed by atoms with van der Waals surface area (Å²) in [7, 11) is 1.44. The van der Waals surface area contributed by atoms with Crippen LogP contribution in [0.1, 0.15) is 12.0 Å². The fourth-order valence-electron chi connectivity index (χ4n) is 3.96. The van der Waals surface area contributed by atoms with Gasteiger partial charge in [0.25, 0.3) is 0 Å². The average Bonchev–Trinajstić information content (AvgIpc) is 3.27. The molecule has 10 nitrogen and oxygen atoms in total. The van der Waals surface area contributed by atoms with Crippen molar-refractivity contribution in [1.29, 1.82) is 0 Å². The van der Waals surface area contributed by atoms with Crippen LogP contribution in [-0.4, -0.2) is 81.7 Å². The highest BCUT2D eigenvalue weighted by molar-refractivity contribution is 5.88. The Morgan fingerprint density at radius 3 is 2.44 bits per heavy atom. The average molecular weight is 476 g/mol. The van der Waals surface area contributed by atoms with Crippen molar-refractivity contribution < 1.29 is 49.3 Å². The molecular formula is C24H28O10. The first-order chi connectivity index (χ1) is 16.4. The topological polar surface area (TPSA) is 162 Å². The van der Waals surface area contributed by atoms with Crippen molar-refractivity contribution in [2.45, 2.75) is 43.5 Å². The molecule has 1 aromatic heterocycles. The van der Waals surface area contributed by atoms with Gasteiger partial charge in [0.15, 0.2) is 22.8 Å². The van der Waals surface area contributed by atoms with Crippen LogP contribution in [-0.2, 0) is 11.2 Å². The predicted molar refractivity (Wildman–Crippen MR) is 120 cm³/mol. The second-order valence-electron chi connectivity index (χ2n) is 8.15. The molecular weight excluding hydrogens is 448 g/mol. The molecule has 6 N–H and O–H groups in total. The quantitative estimate of drug-likeness (QED) is 0.276. The molecule has 0 saturated carbocycles. The predicted octanol–water partition coefficient (Wildman–Crippen LogP) is 0.918. The zero-order chi connectivity index (χ0) is 24.4. The SMILES string of the molecule is COc1cc(-c2cc3cc(CCCO)cc(O[C@@H]4O[C@H](CO)[C@@H](O)[C@H](O)[C@H]4O)c3o2)ccc1O. The Hall–Kier alpha value is -2.86. The van der Waals surface area contributed by atoms with E-state index in [2.05, 4.69) is 0 Å². The van der Waals surface area contributed by atoms with E-state index in [1.807, 2.05) is 6.07 Å². The molecule has 0 unspecified atom stereocenters. The van der Waals surface area contributed by atoms with E-state index in [4.69, 9.17) is 18.6 Å². The number of ether oxygens (including phenoxy) is 3. The Morgan fingerprint density at radius 1 is 0.941 bits per heavy atom. The van der Waals surface area contributed by atoms with Gasteiger partial charge in [-0.1, -0.05) is 0 Å². The minimum Gasteiger partial charge on any atom is -0.504 e. The molecule has 1 aliphatic rings. The van der Waals surface area contributed by atoms with E-state index >= 15 is 0 Å². The zero-order valence-corrected chi connectivity index (χ0v) is 18.5. The van der Waals surface area contributed by atoms with Gasteiger partial charge in [-0.25, -0.2) is 0 Å². The summed E-state index contributed by atoms with van der Waals surface area (Å²) in [5, 5.41) is 59.8. The molecule has 34 heavy (non-hydrogen) atoms. The molecule has 4 rings (SSSR count). The summed E-state index contributed by atoms with van der Waals surface area (Å²) in [6.45, 7) is -0.574. The van der Waals surface area contributed by atoms with Crippen LogP contribution in [0.4, 0.5) is 0 Å². The number of hydrogen-bond acceptors (Lipinski definition) is 10. The number of aliphatic hydroxyl groups is 5. The Balaban J connectivity index is 1.74. The molecule has 1 aliphatic heterocycles. The van der Waals surface area contributed by atoms with Crippen LogP contribution in [0, 0.1) is 0 Å². The Labute approximate surface area is 195 Å². The largest absolute Gasteiger partial charge is 0.504 e. The number of hydrogen-bond donors (Lipinski definition) is 6. The van der Waals surface area contributed by atoms with Crippen LogP contribution in [0.25, 0.3) is 22.3 Å². The van der Waals surface area contributed by atoms with Gasteiger partial charge in [0.1, 0.15) is 30.2 Å². The highest BCUT2D eigenvalue weighted by Gasteiger charge is 2.45. The van der Waals surface area contributed by atoms with Gasteiger partial charge < -0.3 is 49.3 Å². The molecule has 3 aromatic rings. The number of methoxy groups -OCH3 is 1. The number of aromatic hydroxyl groups is 1. The van der Waals surface area contributed by atoms with Crippen LogP contribution in [0.5, 0.6) is 17.2 Å². The second-order valence-corrected chi connectivity index (χ2v) is 8.15. The smallest absolute Gasteiger partial charge is 0.229 e. The lowest BCUT2D eigenvalue weighted by molar-refractivity contribution is -0.277. The Bertz CT molecular complexity index is 1120. The molecule has 184 valence electrons. The summed E-state index contributed by atoms with van der Waals surface area (Å²) in [5.41, 5.74) is 1.81. The van der Waals surface area contributed by atoms with Crippen LogP contribution in [0.3, 0.4) is 0 Å². The van der Waals surface area contributed by atoms with Crippen molar-refractivity contribution in [3.8, 4) is 28.6 Å². The number of rotatable bonds is 8. The van der Waals surface area contributed by atoms with Gasteiger partial charge >= 0.3 is 0 Å². The third-order valence-corrected chi connectivity index (χ3v) is 5.82. The standard InChI is InChI=1S/C24H28O10/c1-31-17-9-13(4-5-15(17)27)16-10-14-7-12(3-2-6-25)8-18(23(14)32-16)33-24-22(30)21(29)20(28)19(11-26)34-24/h4-5,7-10,19-22,24-30H,2-3,6,11H2,1H3/t19-,20-,21+,22-,24-/m1/s1. The Morgan fingerprint density at radius 2 is 1.74 bits per heavy atom. The maximum absolute atomic E-state index is 10.4. The van der Waals surface area contributed by atoms with E-state index < -0.39 is 37.3 Å². The lowest BCUT2D eigenvalue weighted by Gasteiger charge is -2.39. The first-order valence-corrected chi connectivity index (χ1v) is 10.9. The molecule has 2 heterocycles. The maximum Gasteiger partial charge on any atom is 0.229 e. The summed E-state index contributed by atoms with van der Waals surface area (Å²) in [6, 6.07) is 10.1. The number of phenols is 1. The minimum absolute atomic E-state index is 0.00484. The van der Waals surface area contributed by atoms with E-state index in [1.54, 1.807) is 24.3 Å². The van der Waals surface area contributed by atoms with Crippen LogP contribution in [0.2, 0.25) is 0 Å². The molecule has 0 aliphatic carbocycles. The third kappa shape index (κ3) is 4.69. The molecule has 1 saturated heterocycles.